The second-order valence-electron chi connectivity index (χ2n) is 8.24. The molecule has 0 saturated heterocycles. The number of aromatic nitrogens is 2. The Morgan fingerprint density at radius 2 is 1.60 bits per heavy atom. The van der Waals surface area contributed by atoms with Crippen LogP contribution >= 0.6 is 0 Å². The highest BCUT2D eigenvalue weighted by atomic mass is 16.1. The number of rotatable bonds is 7. The van der Waals surface area contributed by atoms with E-state index in [2.05, 4.69) is 57.7 Å². The fourth-order valence-electron chi connectivity index (χ4n) is 4.54. The molecule has 0 atom stereocenters. The molecule has 0 saturated carbocycles. The molecule has 30 heavy (non-hydrogen) atoms. The Balaban J connectivity index is 2.21. The predicted molar refractivity (Wildman–Crippen MR) is 128 cm³/mol. The predicted octanol–water partition coefficient (Wildman–Crippen LogP) is 5.25. The summed E-state index contributed by atoms with van der Waals surface area (Å²) in [4.78, 5) is 22.6. The number of nitrogens with zero attached hydrogens (tertiary/aromatic N) is 4. The van der Waals surface area contributed by atoms with Crippen LogP contribution in [0.2, 0.25) is 0 Å². The lowest BCUT2D eigenvalue weighted by molar-refractivity contribution is 0.743. The van der Waals surface area contributed by atoms with E-state index in [1.807, 2.05) is 31.1 Å². The van der Waals surface area contributed by atoms with Gasteiger partial charge in [0.15, 0.2) is 5.82 Å². The fourth-order valence-corrected chi connectivity index (χ4v) is 4.54. The molecule has 0 bridgehead atoms. The van der Waals surface area contributed by atoms with E-state index in [0.717, 1.165) is 59.5 Å². The van der Waals surface area contributed by atoms with E-state index in [-0.39, 0.29) is 5.56 Å². The van der Waals surface area contributed by atoms with E-state index in [1.165, 1.54) is 5.56 Å². The molecule has 160 valence electrons. The van der Waals surface area contributed by atoms with E-state index in [4.69, 9.17) is 4.98 Å². The number of hydrogen-bond donors (Lipinski definition) is 0. The molecule has 0 unspecified atom stereocenters. The molecule has 1 heterocycles. The normalized spacial score (nSPS) is 11.2. The maximum Gasteiger partial charge on any atom is 0.294 e. The monoisotopic (exact) mass is 406 g/mol. The maximum absolute atomic E-state index is 13.4. The largest absolute Gasteiger partial charge is 0.370 e. The summed E-state index contributed by atoms with van der Waals surface area (Å²) in [6.07, 6.45) is 2.12. The first kappa shape index (κ1) is 21.9. The van der Waals surface area contributed by atoms with Crippen molar-refractivity contribution >= 4 is 28.2 Å². The number of aryl methyl sites for hydroxylation is 4. The molecule has 1 aromatic heterocycles. The molecule has 0 N–H and O–H groups in total. The summed E-state index contributed by atoms with van der Waals surface area (Å²) in [5, 5.41) is 0. The van der Waals surface area contributed by atoms with Crippen LogP contribution in [0.4, 0.5) is 17.2 Å². The van der Waals surface area contributed by atoms with Crippen molar-refractivity contribution in [3.63, 3.8) is 0 Å². The topological polar surface area (TPSA) is 41.4 Å². The van der Waals surface area contributed by atoms with Gasteiger partial charge in [-0.15, -0.1) is 0 Å². The van der Waals surface area contributed by atoms with Gasteiger partial charge in [0.25, 0.3) is 5.56 Å². The number of para-hydroxylation sites is 1. The Kier molecular flexibility index (Phi) is 6.49. The number of hydrogen-bond acceptors (Lipinski definition) is 4. The molecule has 0 aliphatic carbocycles. The van der Waals surface area contributed by atoms with Crippen molar-refractivity contribution in [3.05, 3.63) is 57.4 Å². The van der Waals surface area contributed by atoms with Crippen molar-refractivity contribution < 1.29 is 0 Å². The molecule has 0 aliphatic heterocycles. The second-order valence-corrected chi connectivity index (χ2v) is 8.24. The second kappa shape index (κ2) is 8.90. The third-order valence-corrected chi connectivity index (χ3v) is 5.67. The van der Waals surface area contributed by atoms with Gasteiger partial charge in [-0.05, 0) is 56.9 Å². The minimum Gasteiger partial charge on any atom is -0.370 e. The molecule has 0 fully saturated rings. The first-order chi connectivity index (χ1) is 14.3. The smallest absolute Gasteiger partial charge is 0.294 e. The average molecular weight is 407 g/mol. The Labute approximate surface area is 180 Å². The minimum absolute atomic E-state index is 0.0789. The molecule has 5 heteroatoms. The van der Waals surface area contributed by atoms with E-state index < -0.39 is 0 Å². The van der Waals surface area contributed by atoms with Crippen molar-refractivity contribution in [2.75, 3.05) is 29.9 Å². The number of benzene rings is 2. The van der Waals surface area contributed by atoms with Crippen molar-refractivity contribution in [1.29, 1.82) is 0 Å². The van der Waals surface area contributed by atoms with Crippen molar-refractivity contribution in [2.45, 2.75) is 47.5 Å². The zero-order valence-electron chi connectivity index (χ0n) is 19.4. The molecule has 0 spiro atoms. The lowest BCUT2D eigenvalue weighted by Crippen LogP contribution is -2.30. The zero-order chi connectivity index (χ0) is 22.0. The lowest BCUT2D eigenvalue weighted by atomic mass is 10.0. The van der Waals surface area contributed by atoms with E-state index in [0.29, 0.717) is 5.82 Å². The Bertz CT molecular complexity index is 1090. The van der Waals surface area contributed by atoms with Gasteiger partial charge in [0.05, 0.1) is 16.7 Å². The summed E-state index contributed by atoms with van der Waals surface area (Å²) >= 11 is 0. The van der Waals surface area contributed by atoms with Crippen LogP contribution in [-0.4, -0.2) is 29.7 Å². The third kappa shape index (κ3) is 3.93. The lowest BCUT2D eigenvalue weighted by Gasteiger charge is -2.27. The van der Waals surface area contributed by atoms with Crippen LogP contribution in [0, 0.1) is 20.8 Å². The van der Waals surface area contributed by atoms with Gasteiger partial charge in [-0.1, -0.05) is 37.6 Å². The summed E-state index contributed by atoms with van der Waals surface area (Å²) in [5.74, 6) is 0.453. The van der Waals surface area contributed by atoms with Crippen LogP contribution in [0.5, 0.6) is 0 Å². The minimum atomic E-state index is -0.0789. The third-order valence-electron chi connectivity index (χ3n) is 5.67. The Morgan fingerprint density at radius 3 is 2.17 bits per heavy atom. The van der Waals surface area contributed by atoms with E-state index >= 15 is 0 Å². The SMILES string of the molecule is CCCN(CCC)c1cccc2nc(N(C)c3c(C)cc(C)cc3C)c(=O)n(C)c12. The van der Waals surface area contributed by atoms with Crippen LogP contribution in [0.25, 0.3) is 11.0 Å². The van der Waals surface area contributed by atoms with Crippen LogP contribution in [0.3, 0.4) is 0 Å². The first-order valence-corrected chi connectivity index (χ1v) is 10.9. The first-order valence-electron chi connectivity index (χ1n) is 10.9. The van der Waals surface area contributed by atoms with Crippen LogP contribution in [0.15, 0.2) is 35.1 Å². The Hall–Kier alpha value is -2.82. The fraction of sp³-hybridized carbons (Fsp3) is 0.440. The summed E-state index contributed by atoms with van der Waals surface area (Å²) in [6.45, 7) is 12.6. The molecule has 0 radical (unpaired) electrons. The summed E-state index contributed by atoms with van der Waals surface area (Å²) in [7, 11) is 3.79. The van der Waals surface area contributed by atoms with Gasteiger partial charge in [0.1, 0.15) is 0 Å². The quantitative estimate of drug-likeness (QED) is 0.537. The van der Waals surface area contributed by atoms with Gasteiger partial charge in [-0.25, -0.2) is 4.98 Å². The van der Waals surface area contributed by atoms with Gasteiger partial charge >= 0.3 is 0 Å². The van der Waals surface area contributed by atoms with Gasteiger partial charge in [-0.2, -0.15) is 0 Å². The van der Waals surface area contributed by atoms with Crippen molar-refractivity contribution in [3.8, 4) is 0 Å². The van der Waals surface area contributed by atoms with Crippen molar-refractivity contribution in [2.24, 2.45) is 7.05 Å². The Morgan fingerprint density at radius 1 is 1.00 bits per heavy atom. The van der Waals surface area contributed by atoms with E-state index in [1.54, 1.807) is 4.57 Å². The summed E-state index contributed by atoms with van der Waals surface area (Å²) < 4.78 is 1.76. The number of fused-ring (bicyclic) bond motifs is 1. The van der Waals surface area contributed by atoms with E-state index in [9.17, 15) is 4.79 Å². The highest BCUT2D eigenvalue weighted by Crippen LogP contribution is 2.31. The van der Waals surface area contributed by atoms with Gasteiger partial charge in [-0.3, -0.25) is 4.79 Å². The molecular weight excluding hydrogens is 372 g/mol. The zero-order valence-corrected chi connectivity index (χ0v) is 19.4. The number of anilines is 3. The highest BCUT2D eigenvalue weighted by molar-refractivity contribution is 5.90. The maximum atomic E-state index is 13.4. The molecule has 5 nitrogen and oxygen atoms in total. The molecule has 2 aromatic carbocycles. The highest BCUT2D eigenvalue weighted by Gasteiger charge is 2.20. The summed E-state index contributed by atoms with van der Waals surface area (Å²) in [5.41, 5.74) is 7.30. The van der Waals surface area contributed by atoms with Gasteiger partial charge in [0, 0.05) is 32.9 Å². The van der Waals surface area contributed by atoms with Gasteiger partial charge < -0.3 is 14.4 Å². The van der Waals surface area contributed by atoms with Crippen LogP contribution in [0.1, 0.15) is 43.4 Å². The van der Waals surface area contributed by atoms with Gasteiger partial charge in [0.2, 0.25) is 0 Å². The van der Waals surface area contributed by atoms with Crippen LogP contribution in [-0.2, 0) is 7.05 Å². The van der Waals surface area contributed by atoms with Crippen molar-refractivity contribution in [1.82, 2.24) is 9.55 Å². The average Bonchev–Trinajstić information content (AvgIpc) is 2.69. The van der Waals surface area contributed by atoms with Crippen LogP contribution < -0.4 is 15.4 Å². The molecular formula is C25H34N4O. The molecule has 0 aliphatic rings. The molecule has 3 rings (SSSR count). The molecule has 0 amide bonds. The molecule has 3 aromatic rings. The summed E-state index contributed by atoms with van der Waals surface area (Å²) in [6, 6.07) is 10.4. The standard InChI is InChI=1S/C25H34N4O/c1-8-13-29(14-9-2)21-12-10-11-20-23(21)28(7)25(30)24(26-20)27(6)22-18(4)15-17(3)16-19(22)5/h10-12,15-16H,8-9,13-14H2,1-7H3.